The van der Waals surface area contributed by atoms with Crippen molar-refractivity contribution in [2.45, 2.75) is 6.92 Å². The number of hydrogen-bond acceptors (Lipinski definition) is 3. The zero-order valence-corrected chi connectivity index (χ0v) is 12.4. The Morgan fingerprint density at radius 2 is 2.10 bits per heavy atom. The summed E-state index contributed by atoms with van der Waals surface area (Å²) in [6.07, 6.45) is 0. The average molecular weight is 297 g/mol. The summed E-state index contributed by atoms with van der Waals surface area (Å²) in [4.78, 5) is 7.82. The van der Waals surface area contributed by atoms with Gasteiger partial charge in [-0.15, -0.1) is 11.3 Å². The van der Waals surface area contributed by atoms with Gasteiger partial charge < -0.3 is 4.98 Å². The largest absolute Gasteiger partial charge is 0.329 e. The molecule has 1 N–H and O–H groups in total. The highest BCUT2D eigenvalue weighted by atomic mass is 32.1. The second-order valence-corrected chi connectivity index (χ2v) is 6.07. The molecule has 0 radical (unpaired) electrons. The minimum Gasteiger partial charge on any atom is -0.329 e. The van der Waals surface area contributed by atoms with Crippen molar-refractivity contribution < 1.29 is 0 Å². The molecule has 0 bridgehead atoms. The molecule has 0 aliphatic rings. The van der Waals surface area contributed by atoms with Gasteiger partial charge in [-0.1, -0.05) is 0 Å². The van der Waals surface area contributed by atoms with Crippen LogP contribution in [0.3, 0.4) is 0 Å². The first-order valence-electron chi connectivity index (χ1n) is 6.28. The number of aromatic nitrogens is 3. The van der Waals surface area contributed by atoms with Gasteiger partial charge in [0.1, 0.15) is 0 Å². The second kappa shape index (κ2) is 4.26. The fourth-order valence-corrected chi connectivity index (χ4v) is 3.48. The number of pyridine rings is 1. The lowest BCUT2D eigenvalue weighted by atomic mass is 10.2. The zero-order chi connectivity index (χ0) is 13.7. The van der Waals surface area contributed by atoms with E-state index in [1.54, 1.807) is 11.3 Å². The van der Waals surface area contributed by atoms with E-state index in [1.165, 1.54) is 10.1 Å². The molecule has 0 aliphatic carbocycles. The molecule has 0 atom stereocenters. The molecule has 0 saturated carbocycles. The number of hydrogen-bond donors (Lipinski definition) is 1. The molecule has 4 aromatic rings. The lowest BCUT2D eigenvalue weighted by Gasteiger charge is -2.04. The molecule has 3 nitrogen and oxygen atoms in total. The Hall–Kier alpha value is -1.98. The zero-order valence-electron chi connectivity index (χ0n) is 10.8. The Morgan fingerprint density at radius 1 is 1.20 bits per heavy atom. The van der Waals surface area contributed by atoms with Crippen molar-refractivity contribution >= 4 is 44.8 Å². The lowest BCUT2D eigenvalue weighted by Crippen LogP contribution is -1.96. The number of nitrogens with one attached hydrogen (secondary N) is 1. The van der Waals surface area contributed by atoms with Gasteiger partial charge >= 0.3 is 0 Å². The number of imidazole rings is 1. The maximum absolute atomic E-state index is 5.45. The summed E-state index contributed by atoms with van der Waals surface area (Å²) in [6, 6.07) is 12.5. The Balaban J connectivity index is 2.07. The molecule has 3 heterocycles. The molecule has 0 amide bonds. The summed E-state index contributed by atoms with van der Waals surface area (Å²) in [5, 5.41) is 3.34. The van der Waals surface area contributed by atoms with Crippen LogP contribution in [0.4, 0.5) is 0 Å². The number of aromatic amines is 1. The van der Waals surface area contributed by atoms with Crippen LogP contribution in [-0.2, 0) is 0 Å². The second-order valence-electron chi connectivity index (χ2n) is 4.73. The minimum atomic E-state index is 0.674. The van der Waals surface area contributed by atoms with Crippen LogP contribution >= 0.6 is 23.6 Å². The number of fused-ring (bicyclic) bond motifs is 2. The third-order valence-corrected chi connectivity index (χ3v) is 4.55. The molecule has 0 fully saturated rings. The molecule has 1 aromatic carbocycles. The number of H-pyrrole nitrogens is 1. The van der Waals surface area contributed by atoms with E-state index in [0.717, 1.165) is 22.5 Å². The van der Waals surface area contributed by atoms with Crippen LogP contribution in [0, 0.1) is 11.7 Å². The van der Waals surface area contributed by atoms with Crippen LogP contribution in [0.5, 0.6) is 0 Å². The molecule has 0 unspecified atom stereocenters. The number of nitrogens with zero attached hydrogens (tertiary/aromatic N) is 2. The predicted molar refractivity (Wildman–Crippen MR) is 86.4 cm³/mol. The Kier molecular flexibility index (Phi) is 2.52. The van der Waals surface area contributed by atoms with E-state index in [1.807, 2.05) is 23.6 Å². The fraction of sp³-hybridized carbons (Fsp3) is 0.0667. The highest BCUT2D eigenvalue weighted by molar-refractivity contribution is 7.71. The van der Waals surface area contributed by atoms with Gasteiger partial charge in [0.2, 0.25) is 0 Å². The molecule has 98 valence electrons. The Bertz CT molecular complexity index is 991. The molecular weight excluding hydrogens is 286 g/mol. The van der Waals surface area contributed by atoms with Gasteiger partial charge in [0.15, 0.2) is 10.4 Å². The van der Waals surface area contributed by atoms with Crippen molar-refractivity contribution in [2.75, 3.05) is 0 Å². The highest BCUT2D eigenvalue weighted by Gasteiger charge is 2.09. The van der Waals surface area contributed by atoms with Crippen molar-refractivity contribution in [3.8, 4) is 5.69 Å². The first-order valence-corrected chi connectivity index (χ1v) is 7.57. The Morgan fingerprint density at radius 3 is 3.00 bits per heavy atom. The summed E-state index contributed by atoms with van der Waals surface area (Å²) in [6.45, 7) is 1.99. The normalized spacial score (nSPS) is 11.4. The summed E-state index contributed by atoms with van der Waals surface area (Å²) in [5.41, 5.74) is 3.87. The predicted octanol–water partition coefficient (Wildman–Crippen LogP) is 4.61. The van der Waals surface area contributed by atoms with Crippen LogP contribution in [0.2, 0.25) is 0 Å². The van der Waals surface area contributed by atoms with Crippen LogP contribution < -0.4 is 0 Å². The monoisotopic (exact) mass is 297 g/mol. The first-order chi connectivity index (χ1) is 9.72. The standard InChI is InChI=1S/C15H11N3S2/c1-9-2-4-12-14(16-9)18(15(19)17-12)11-3-5-13-10(8-11)6-7-20-13/h2-8H,1H3,(H,17,19). The molecule has 0 spiro atoms. The van der Waals surface area contributed by atoms with Gasteiger partial charge in [0.05, 0.1) is 11.2 Å². The van der Waals surface area contributed by atoms with Gasteiger partial charge in [-0.05, 0) is 66.3 Å². The molecule has 3 aromatic heterocycles. The van der Waals surface area contributed by atoms with Crippen molar-refractivity contribution in [3.05, 3.63) is 52.2 Å². The molecule has 0 aliphatic heterocycles. The van der Waals surface area contributed by atoms with Gasteiger partial charge in [0, 0.05) is 10.4 Å². The maximum atomic E-state index is 5.45. The topological polar surface area (TPSA) is 33.6 Å². The van der Waals surface area contributed by atoms with Crippen molar-refractivity contribution in [2.24, 2.45) is 0 Å². The molecule has 20 heavy (non-hydrogen) atoms. The minimum absolute atomic E-state index is 0.674. The quantitative estimate of drug-likeness (QED) is 0.521. The number of aryl methyl sites for hydroxylation is 1. The van der Waals surface area contributed by atoms with Crippen LogP contribution in [0.25, 0.3) is 26.9 Å². The summed E-state index contributed by atoms with van der Waals surface area (Å²) in [7, 11) is 0. The number of thiophene rings is 1. The number of rotatable bonds is 1. The summed E-state index contributed by atoms with van der Waals surface area (Å²) in [5.74, 6) is 0. The fourth-order valence-electron chi connectivity index (χ4n) is 2.41. The van der Waals surface area contributed by atoms with Crippen LogP contribution in [0.1, 0.15) is 5.69 Å². The molecular formula is C15H11N3S2. The highest BCUT2D eigenvalue weighted by Crippen LogP contribution is 2.25. The van der Waals surface area contributed by atoms with Crippen LogP contribution in [-0.4, -0.2) is 14.5 Å². The third kappa shape index (κ3) is 1.71. The smallest absolute Gasteiger partial charge is 0.183 e. The van der Waals surface area contributed by atoms with E-state index in [2.05, 4.69) is 39.6 Å². The van der Waals surface area contributed by atoms with Crippen molar-refractivity contribution in [1.82, 2.24) is 14.5 Å². The first kappa shape index (κ1) is 11.8. The van der Waals surface area contributed by atoms with E-state index >= 15 is 0 Å². The van der Waals surface area contributed by atoms with Crippen molar-refractivity contribution in [3.63, 3.8) is 0 Å². The van der Waals surface area contributed by atoms with E-state index in [-0.39, 0.29) is 0 Å². The lowest BCUT2D eigenvalue weighted by molar-refractivity contribution is 1.04. The van der Waals surface area contributed by atoms with E-state index < -0.39 is 0 Å². The Labute approximate surface area is 124 Å². The SMILES string of the molecule is Cc1ccc2[nH]c(=S)n(-c3ccc4sccc4c3)c2n1. The number of benzene rings is 1. The van der Waals surface area contributed by atoms with Crippen LogP contribution in [0.15, 0.2) is 41.8 Å². The van der Waals surface area contributed by atoms with Gasteiger partial charge in [0.25, 0.3) is 0 Å². The molecule has 5 heteroatoms. The average Bonchev–Trinajstić information content (AvgIpc) is 3.00. The van der Waals surface area contributed by atoms with Gasteiger partial charge in [-0.3, -0.25) is 4.57 Å². The van der Waals surface area contributed by atoms with Gasteiger partial charge in [-0.2, -0.15) is 0 Å². The molecule has 4 rings (SSSR count). The maximum Gasteiger partial charge on any atom is 0.183 e. The third-order valence-electron chi connectivity index (χ3n) is 3.37. The van der Waals surface area contributed by atoms with Gasteiger partial charge in [-0.25, -0.2) is 4.98 Å². The van der Waals surface area contributed by atoms with E-state index in [9.17, 15) is 0 Å². The van der Waals surface area contributed by atoms with Crippen molar-refractivity contribution in [1.29, 1.82) is 0 Å². The van der Waals surface area contributed by atoms with E-state index in [0.29, 0.717) is 4.77 Å². The summed E-state index contributed by atoms with van der Waals surface area (Å²) >= 11 is 7.20. The molecule has 0 saturated heterocycles. The van der Waals surface area contributed by atoms with E-state index in [4.69, 9.17) is 12.2 Å². The summed E-state index contributed by atoms with van der Waals surface area (Å²) < 4.78 is 3.95.